The second kappa shape index (κ2) is 4.91. The molecule has 0 atom stereocenters. The minimum atomic E-state index is -0.840. The van der Waals surface area contributed by atoms with E-state index in [2.05, 4.69) is 0 Å². The number of piperazine rings is 1. The number of hydrogen-bond donors (Lipinski definition) is 1. The van der Waals surface area contributed by atoms with E-state index >= 15 is 0 Å². The first-order chi connectivity index (χ1) is 7.73. The van der Waals surface area contributed by atoms with Gasteiger partial charge in [0.25, 0.3) is 0 Å². The van der Waals surface area contributed by atoms with Crippen LogP contribution in [0.25, 0.3) is 0 Å². The van der Waals surface area contributed by atoms with E-state index in [1.165, 1.54) is 0 Å². The molecule has 98 valence electrons. The van der Waals surface area contributed by atoms with Crippen molar-refractivity contribution in [1.82, 2.24) is 14.7 Å². The third-order valence-corrected chi connectivity index (χ3v) is 2.77. The first-order valence-corrected chi connectivity index (χ1v) is 5.78. The van der Waals surface area contributed by atoms with E-state index in [0.717, 1.165) is 0 Å². The van der Waals surface area contributed by atoms with E-state index < -0.39 is 5.54 Å². The Morgan fingerprint density at radius 3 is 1.82 bits per heavy atom. The number of amides is 3. The van der Waals surface area contributed by atoms with Crippen LogP contribution in [-0.4, -0.2) is 72.5 Å². The summed E-state index contributed by atoms with van der Waals surface area (Å²) in [4.78, 5) is 28.6. The van der Waals surface area contributed by atoms with Gasteiger partial charge in [-0.3, -0.25) is 4.79 Å². The van der Waals surface area contributed by atoms with Gasteiger partial charge in [-0.2, -0.15) is 0 Å². The number of carbonyl (C=O) groups excluding carboxylic acids is 2. The molecule has 3 amide bonds. The molecule has 0 bridgehead atoms. The van der Waals surface area contributed by atoms with Crippen LogP contribution in [0.4, 0.5) is 4.79 Å². The number of nitrogens with zero attached hydrogens (tertiary/aromatic N) is 3. The van der Waals surface area contributed by atoms with Gasteiger partial charge in [0.2, 0.25) is 5.91 Å². The lowest BCUT2D eigenvalue weighted by atomic mass is 10.1. The third-order valence-electron chi connectivity index (χ3n) is 2.77. The van der Waals surface area contributed by atoms with Crippen LogP contribution in [0.5, 0.6) is 0 Å². The van der Waals surface area contributed by atoms with Crippen LogP contribution in [0.2, 0.25) is 0 Å². The molecule has 0 radical (unpaired) electrons. The second-order valence-electron chi connectivity index (χ2n) is 5.18. The summed E-state index contributed by atoms with van der Waals surface area (Å²) in [7, 11) is 3.45. The van der Waals surface area contributed by atoms with Crippen molar-refractivity contribution in [1.29, 1.82) is 0 Å². The van der Waals surface area contributed by atoms with E-state index in [1.807, 2.05) is 0 Å². The van der Waals surface area contributed by atoms with Crippen molar-refractivity contribution in [2.24, 2.45) is 5.73 Å². The average molecular weight is 242 g/mol. The molecule has 0 aromatic heterocycles. The zero-order valence-electron chi connectivity index (χ0n) is 11.1. The lowest BCUT2D eigenvalue weighted by Gasteiger charge is -2.38. The second-order valence-corrected chi connectivity index (χ2v) is 5.18. The van der Waals surface area contributed by atoms with Gasteiger partial charge < -0.3 is 20.4 Å². The highest BCUT2D eigenvalue weighted by Crippen LogP contribution is 2.09. The van der Waals surface area contributed by atoms with Crippen molar-refractivity contribution in [3.05, 3.63) is 0 Å². The van der Waals surface area contributed by atoms with E-state index in [-0.39, 0.29) is 11.9 Å². The Balaban J connectivity index is 2.52. The van der Waals surface area contributed by atoms with Gasteiger partial charge in [-0.25, -0.2) is 4.79 Å². The van der Waals surface area contributed by atoms with Crippen molar-refractivity contribution in [2.75, 3.05) is 40.3 Å². The summed E-state index contributed by atoms with van der Waals surface area (Å²) in [6.07, 6.45) is 0. The number of rotatable bonds is 1. The maximum atomic E-state index is 11.9. The molecule has 0 saturated carbocycles. The molecule has 1 fully saturated rings. The van der Waals surface area contributed by atoms with E-state index in [1.54, 1.807) is 42.6 Å². The molecule has 0 aromatic carbocycles. The van der Waals surface area contributed by atoms with E-state index in [0.29, 0.717) is 26.2 Å². The summed E-state index contributed by atoms with van der Waals surface area (Å²) in [5.41, 5.74) is 4.93. The van der Waals surface area contributed by atoms with Gasteiger partial charge in [0, 0.05) is 40.3 Å². The Morgan fingerprint density at radius 2 is 1.47 bits per heavy atom. The zero-order valence-corrected chi connectivity index (χ0v) is 11.1. The highest BCUT2D eigenvalue weighted by molar-refractivity contribution is 5.85. The lowest BCUT2D eigenvalue weighted by molar-refractivity contribution is -0.137. The van der Waals surface area contributed by atoms with Crippen molar-refractivity contribution in [2.45, 2.75) is 19.4 Å². The summed E-state index contributed by atoms with van der Waals surface area (Å²) >= 11 is 0. The minimum absolute atomic E-state index is 0.0101. The smallest absolute Gasteiger partial charge is 0.319 e. The Morgan fingerprint density at radius 1 is 1.06 bits per heavy atom. The van der Waals surface area contributed by atoms with Crippen LogP contribution in [0.3, 0.4) is 0 Å². The summed E-state index contributed by atoms with van der Waals surface area (Å²) in [5, 5.41) is 0. The fourth-order valence-corrected chi connectivity index (χ4v) is 1.79. The average Bonchev–Trinajstić information content (AvgIpc) is 2.26. The maximum Gasteiger partial charge on any atom is 0.319 e. The molecule has 1 aliphatic rings. The lowest BCUT2D eigenvalue weighted by Crippen LogP contribution is -2.58. The molecule has 0 aliphatic carbocycles. The quantitative estimate of drug-likeness (QED) is 0.677. The van der Waals surface area contributed by atoms with Gasteiger partial charge >= 0.3 is 6.03 Å². The standard InChI is InChI=1S/C11H22N4O2/c1-11(2,12)9(16)14-5-7-15(8-6-14)10(17)13(3)4/h5-8,12H2,1-4H3. The van der Waals surface area contributed by atoms with Crippen LogP contribution in [0.1, 0.15) is 13.8 Å². The maximum absolute atomic E-state index is 11.9. The van der Waals surface area contributed by atoms with Gasteiger partial charge in [-0.05, 0) is 13.8 Å². The van der Waals surface area contributed by atoms with Crippen molar-refractivity contribution >= 4 is 11.9 Å². The number of nitrogens with two attached hydrogens (primary N) is 1. The molecule has 1 saturated heterocycles. The molecule has 1 heterocycles. The van der Waals surface area contributed by atoms with Crippen molar-refractivity contribution < 1.29 is 9.59 Å². The molecule has 17 heavy (non-hydrogen) atoms. The highest BCUT2D eigenvalue weighted by Gasteiger charge is 2.31. The zero-order chi connectivity index (χ0) is 13.2. The molecule has 0 aromatic rings. The van der Waals surface area contributed by atoms with Gasteiger partial charge in [0.05, 0.1) is 5.54 Å². The van der Waals surface area contributed by atoms with Gasteiger partial charge in [-0.1, -0.05) is 0 Å². The van der Waals surface area contributed by atoms with Gasteiger partial charge in [0.15, 0.2) is 0 Å². The highest BCUT2D eigenvalue weighted by atomic mass is 16.2. The predicted octanol–water partition coefficient (Wildman–Crippen LogP) is -0.450. The fraction of sp³-hybridized carbons (Fsp3) is 0.818. The molecule has 0 spiro atoms. The van der Waals surface area contributed by atoms with Crippen LogP contribution >= 0.6 is 0 Å². The Hall–Kier alpha value is -1.30. The molecule has 2 N–H and O–H groups in total. The largest absolute Gasteiger partial charge is 0.338 e. The number of hydrogen-bond acceptors (Lipinski definition) is 3. The predicted molar refractivity (Wildman–Crippen MR) is 65.5 cm³/mol. The Labute approximate surface area is 102 Å². The van der Waals surface area contributed by atoms with Gasteiger partial charge in [0.1, 0.15) is 0 Å². The fourth-order valence-electron chi connectivity index (χ4n) is 1.79. The molecular formula is C11H22N4O2. The number of carbonyl (C=O) groups is 2. The van der Waals surface area contributed by atoms with E-state index in [4.69, 9.17) is 5.73 Å². The summed E-state index contributed by atoms with van der Waals surface area (Å²) in [6, 6.07) is -0.0101. The Kier molecular flexibility index (Phi) is 3.98. The first kappa shape index (κ1) is 13.8. The monoisotopic (exact) mass is 242 g/mol. The van der Waals surface area contributed by atoms with Crippen molar-refractivity contribution in [3.8, 4) is 0 Å². The van der Waals surface area contributed by atoms with E-state index in [9.17, 15) is 9.59 Å². The summed E-state index contributed by atoms with van der Waals surface area (Å²) in [5.74, 6) is -0.0607. The third kappa shape index (κ3) is 3.33. The van der Waals surface area contributed by atoms with Gasteiger partial charge in [-0.15, -0.1) is 0 Å². The van der Waals surface area contributed by atoms with Crippen LogP contribution in [0, 0.1) is 0 Å². The summed E-state index contributed by atoms with van der Waals surface area (Å²) < 4.78 is 0. The van der Waals surface area contributed by atoms with Crippen LogP contribution in [-0.2, 0) is 4.79 Å². The van der Waals surface area contributed by atoms with Crippen molar-refractivity contribution in [3.63, 3.8) is 0 Å². The minimum Gasteiger partial charge on any atom is -0.338 e. The molecular weight excluding hydrogens is 220 g/mol. The molecule has 6 nitrogen and oxygen atoms in total. The first-order valence-electron chi connectivity index (χ1n) is 5.78. The topological polar surface area (TPSA) is 69.9 Å². The molecule has 1 aliphatic heterocycles. The summed E-state index contributed by atoms with van der Waals surface area (Å²) in [6.45, 7) is 5.65. The Bertz CT molecular complexity index is 301. The SMILES string of the molecule is CN(C)C(=O)N1CCN(C(=O)C(C)(C)N)CC1. The normalized spacial score (nSPS) is 17.0. The molecule has 0 unspecified atom stereocenters. The van der Waals surface area contributed by atoms with Crippen LogP contribution < -0.4 is 5.73 Å². The molecule has 6 heteroatoms. The number of urea groups is 1. The van der Waals surface area contributed by atoms with Crippen LogP contribution in [0.15, 0.2) is 0 Å². The molecule has 1 rings (SSSR count).